The Hall–Kier alpha value is -2.30. The van der Waals surface area contributed by atoms with Gasteiger partial charge in [-0.2, -0.15) is 5.10 Å². The second-order valence-corrected chi connectivity index (χ2v) is 5.74. The minimum atomic E-state index is -0.0957. The molecule has 0 bridgehead atoms. The Balaban J connectivity index is 2.11. The van der Waals surface area contributed by atoms with E-state index in [-0.39, 0.29) is 11.9 Å². The summed E-state index contributed by atoms with van der Waals surface area (Å²) < 4.78 is 7.02. The highest BCUT2D eigenvalue weighted by Gasteiger charge is 2.20. The number of amides is 1. The first-order valence-corrected chi connectivity index (χ1v) is 7.42. The maximum absolute atomic E-state index is 12.3. The predicted molar refractivity (Wildman–Crippen MR) is 86.0 cm³/mol. The van der Waals surface area contributed by atoms with Crippen LogP contribution in [0.25, 0.3) is 0 Å². The number of hydrogen-bond acceptors (Lipinski definition) is 3. The summed E-state index contributed by atoms with van der Waals surface area (Å²) in [4.78, 5) is 12.3. The van der Waals surface area contributed by atoms with E-state index in [1.54, 1.807) is 31.2 Å². The highest BCUT2D eigenvalue weighted by Crippen LogP contribution is 2.21. The van der Waals surface area contributed by atoms with Crippen LogP contribution in [0, 0.1) is 5.92 Å². The molecule has 1 N–H and O–H groups in total. The van der Waals surface area contributed by atoms with Gasteiger partial charge >= 0.3 is 0 Å². The fraction of sp³-hybridized carbons (Fsp3) is 0.412. The van der Waals surface area contributed by atoms with Crippen LogP contribution in [0.2, 0.25) is 0 Å². The normalized spacial score (nSPS) is 12.2. The standard InChI is InChI=1S/C17H23N3O2/c1-12(2)15(9-13-7-5-6-8-16(13)22-4)19-17(21)14-10-18-20(3)11-14/h5-8,10-12,15H,9H2,1-4H3,(H,19,21)/t15-/m1/s1. The smallest absolute Gasteiger partial charge is 0.254 e. The Labute approximate surface area is 131 Å². The SMILES string of the molecule is COc1ccccc1C[C@@H](NC(=O)c1cnn(C)c1)C(C)C. The van der Waals surface area contributed by atoms with E-state index in [1.165, 1.54) is 0 Å². The van der Waals surface area contributed by atoms with Crippen LogP contribution in [0.1, 0.15) is 29.8 Å². The first-order chi connectivity index (χ1) is 10.5. The van der Waals surface area contributed by atoms with Crippen molar-refractivity contribution >= 4 is 5.91 Å². The van der Waals surface area contributed by atoms with Crippen molar-refractivity contribution in [1.82, 2.24) is 15.1 Å². The number of nitrogens with zero attached hydrogens (tertiary/aromatic N) is 2. The zero-order valence-electron chi connectivity index (χ0n) is 13.5. The highest BCUT2D eigenvalue weighted by molar-refractivity contribution is 5.93. The van der Waals surface area contributed by atoms with E-state index >= 15 is 0 Å². The molecule has 0 aliphatic carbocycles. The molecule has 0 fully saturated rings. The number of nitrogens with one attached hydrogen (secondary N) is 1. The molecule has 2 rings (SSSR count). The molecule has 0 spiro atoms. The number of aryl methyl sites for hydroxylation is 1. The zero-order valence-corrected chi connectivity index (χ0v) is 13.5. The lowest BCUT2D eigenvalue weighted by atomic mass is 9.95. The number of aromatic nitrogens is 2. The quantitative estimate of drug-likeness (QED) is 0.891. The van der Waals surface area contributed by atoms with Crippen LogP contribution in [-0.2, 0) is 13.5 Å². The van der Waals surface area contributed by atoms with E-state index in [9.17, 15) is 4.79 Å². The summed E-state index contributed by atoms with van der Waals surface area (Å²) in [5.41, 5.74) is 1.67. The maximum atomic E-state index is 12.3. The van der Waals surface area contributed by atoms with Gasteiger partial charge in [0.2, 0.25) is 0 Å². The molecule has 0 unspecified atom stereocenters. The number of carbonyl (C=O) groups is 1. The van der Waals surface area contributed by atoms with Crippen molar-refractivity contribution in [2.24, 2.45) is 13.0 Å². The monoisotopic (exact) mass is 301 g/mol. The lowest BCUT2D eigenvalue weighted by Crippen LogP contribution is -2.40. The minimum absolute atomic E-state index is 0.0315. The molecule has 0 saturated heterocycles. The summed E-state index contributed by atoms with van der Waals surface area (Å²) in [6, 6.07) is 7.93. The van der Waals surface area contributed by atoms with Gasteiger partial charge in [-0.05, 0) is 24.0 Å². The molecule has 5 nitrogen and oxygen atoms in total. The topological polar surface area (TPSA) is 56.1 Å². The van der Waals surface area contributed by atoms with Crippen molar-refractivity contribution in [3.05, 3.63) is 47.8 Å². The molecule has 0 aliphatic heterocycles. The molecule has 5 heteroatoms. The van der Waals surface area contributed by atoms with E-state index in [2.05, 4.69) is 24.3 Å². The lowest BCUT2D eigenvalue weighted by molar-refractivity contribution is 0.0925. The molecular weight excluding hydrogens is 278 g/mol. The first-order valence-electron chi connectivity index (χ1n) is 7.42. The van der Waals surface area contributed by atoms with Gasteiger partial charge in [-0.3, -0.25) is 9.48 Å². The third-order valence-corrected chi connectivity index (χ3v) is 3.72. The number of rotatable bonds is 6. The third-order valence-electron chi connectivity index (χ3n) is 3.72. The van der Waals surface area contributed by atoms with Gasteiger partial charge in [-0.25, -0.2) is 0 Å². The Bertz CT molecular complexity index is 634. The number of ether oxygens (including phenoxy) is 1. The summed E-state index contributed by atoms with van der Waals surface area (Å²) in [5, 5.41) is 7.14. The first kappa shape index (κ1) is 16.1. The Morgan fingerprint density at radius 3 is 2.68 bits per heavy atom. The van der Waals surface area contributed by atoms with Crippen LogP contribution in [0.15, 0.2) is 36.7 Å². The fourth-order valence-corrected chi connectivity index (χ4v) is 2.35. The molecule has 0 radical (unpaired) electrons. The number of carbonyl (C=O) groups excluding carboxylic acids is 1. The van der Waals surface area contributed by atoms with Crippen LogP contribution in [-0.4, -0.2) is 28.8 Å². The second-order valence-electron chi connectivity index (χ2n) is 5.74. The van der Waals surface area contributed by atoms with Crippen molar-refractivity contribution in [1.29, 1.82) is 0 Å². The Kier molecular flexibility index (Phi) is 5.20. The molecule has 1 heterocycles. The zero-order chi connectivity index (χ0) is 16.1. The molecule has 22 heavy (non-hydrogen) atoms. The van der Waals surface area contributed by atoms with E-state index in [0.29, 0.717) is 11.5 Å². The van der Waals surface area contributed by atoms with E-state index < -0.39 is 0 Å². The van der Waals surface area contributed by atoms with Crippen molar-refractivity contribution < 1.29 is 9.53 Å². The van der Waals surface area contributed by atoms with Crippen molar-refractivity contribution in [2.75, 3.05) is 7.11 Å². The van der Waals surface area contributed by atoms with Crippen LogP contribution in [0.5, 0.6) is 5.75 Å². The van der Waals surface area contributed by atoms with Gasteiger partial charge in [-0.1, -0.05) is 32.0 Å². The molecule has 118 valence electrons. The molecule has 1 aromatic heterocycles. The molecule has 2 aromatic rings. The van der Waals surface area contributed by atoms with Gasteiger partial charge in [0.15, 0.2) is 0 Å². The highest BCUT2D eigenvalue weighted by atomic mass is 16.5. The largest absolute Gasteiger partial charge is 0.496 e. The van der Waals surface area contributed by atoms with Crippen LogP contribution in [0.4, 0.5) is 0 Å². The van der Waals surface area contributed by atoms with Crippen LogP contribution >= 0.6 is 0 Å². The van der Waals surface area contributed by atoms with Crippen LogP contribution < -0.4 is 10.1 Å². The second kappa shape index (κ2) is 7.11. The molecule has 1 amide bonds. The number of methoxy groups -OCH3 is 1. The molecule has 0 aliphatic rings. The van der Waals surface area contributed by atoms with Gasteiger partial charge in [0, 0.05) is 19.3 Å². The molecule has 1 atom stereocenters. The average Bonchev–Trinajstić information content (AvgIpc) is 2.93. The maximum Gasteiger partial charge on any atom is 0.254 e. The van der Waals surface area contributed by atoms with Gasteiger partial charge in [-0.15, -0.1) is 0 Å². The number of benzene rings is 1. The van der Waals surface area contributed by atoms with Crippen LogP contribution in [0.3, 0.4) is 0 Å². The van der Waals surface area contributed by atoms with Crippen molar-refractivity contribution in [3.8, 4) is 5.75 Å². The lowest BCUT2D eigenvalue weighted by Gasteiger charge is -2.23. The van der Waals surface area contributed by atoms with E-state index in [4.69, 9.17) is 4.74 Å². The average molecular weight is 301 g/mol. The molecule has 1 aromatic carbocycles. The van der Waals surface area contributed by atoms with Gasteiger partial charge in [0.05, 0.1) is 18.9 Å². The van der Waals surface area contributed by atoms with E-state index in [1.807, 2.05) is 24.3 Å². The summed E-state index contributed by atoms with van der Waals surface area (Å²) in [7, 11) is 3.46. The Morgan fingerprint density at radius 2 is 2.09 bits per heavy atom. The van der Waals surface area contributed by atoms with Gasteiger partial charge in [0.25, 0.3) is 5.91 Å². The molecule has 0 saturated carbocycles. The summed E-state index contributed by atoms with van der Waals surface area (Å²) in [6.45, 7) is 4.20. The van der Waals surface area contributed by atoms with Crippen molar-refractivity contribution in [3.63, 3.8) is 0 Å². The number of hydrogen-bond donors (Lipinski definition) is 1. The predicted octanol–water partition coefficient (Wildman–Crippen LogP) is 2.43. The Morgan fingerprint density at radius 1 is 1.36 bits per heavy atom. The minimum Gasteiger partial charge on any atom is -0.496 e. The fourth-order valence-electron chi connectivity index (χ4n) is 2.35. The summed E-state index contributed by atoms with van der Waals surface area (Å²) >= 11 is 0. The van der Waals surface area contributed by atoms with E-state index in [0.717, 1.165) is 17.7 Å². The number of para-hydroxylation sites is 1. The van der Waals surface area contributed by atoms with Gasteiger partial charge in [0.1, 0.15) is 5.75 Å². The molecular formula is C17H23N3O2. The summed E-state index contributed by atoms with van der Waals surface area (Å²) in [5.74, 6) is 1.07. The summed E-state index contributed by atoms with van der Waals surface area (Å²) in [6.07, 6.45) is 4.03. The van der Waals surface area contributed by atoms with Crippen molar-refractivity contribution in [2.45, 2.75) is 26.3 Å². The van der Waals surface area contributed by atoms with Gasteiger partial charge < -0.3 is 10.1 Å². The third kappa shape index (κ3) is 3.87.